The van der Waals surface area contributed by atoms with Crippen LogP contribution < -0.4 is 5.73 Å². The first-order valence-electron chi connectivity index (χ1n) is 7.91. The van der Waals surface area contributed by atoms with Crippen molar-refractivity contribution in [1.82, 2.24) is 14.4 Å². The number of carbonyl (C=O) groups is 1. The Balaban J connectivity index is 2.14. The van der Waals surface area contributed by atoms with Crippen molar-refractivity contribution in [2.75, 3.05) is 0 Å². The van der Waals surface area contributed by atoms with E-state index in [-0.39, 0.29) is 5.56 Å². The van der Waals surface area contributed by atoms with Crippen molar-refractivity contribution in [2.45, 2.75) is 13.8 Å². The second kappa shape index (κ2) is 5.59. The Kier molecular flexibility index (Phi) is 3.47. The zero-order valence-electron chi connectivity index (χ0n) is 14.0. The molecule has 0 atom stereocenters. The Morgan fingerprint density at radius 3 is 2.50 bits per heavy atom. The third-order valence-corrected chi connectivity index (χ3v) is 4.35. The molecule has 2 N–H and O–H groups in total. The van der Waals surface area contributed by atoms with Crippen LogP contribution in [0.15, 0.2) is 36.4 Å². The average Bonchev–Trinajstić information content (AvgIpc) is 2.94. The standard InChI is InChI=1S/C19H14F2N4O/c1-9-17-10(2)24-19(11-3-5-14(21)13(7-11)18(22)26)25(17)16-8-12(20)4-6-15(16)23-9/h3-8H,1-2H3,(H2,22,26). The number of benzene rings is 2. The van der Waals surface area contributed by atoms with Gasteiger partial charge in [0, 0.05) is 11.6 Å². The third-order valence-electron chi connectivity index (χ3n) is 4.35. The molecular weight excluding hydrogens is 338 g/mol. The molecule has 0 fully saturated rings. The summed E-state index contributed by atoms with van der Waals surface area (Å²) in [7, 11) is 0. The number of rotatable bonds is 2. The third kappa shape index (κ3) is 2.32. The molecule has 0 aliphatic carbocycles. The molecule has 2 heterocycles. The lowest BCUT2D eigenvalue weighted by Crippen LogP contribution is -2.13. The number of aromatic nitrogens is 3. The van der Waals surface area contributed by atoms with Gasteiger partial charge in [0.05, 0.1) is 33.5 Å². The Morgan fingerprint density at radius 2 is 1.77 bits per heavy atom. The first kappa shape index (κ1) is 16.1. The van der Waals surface area contributed by atoms with Crippen molar-refractivity contribution >= 4 is 22.5 Å². The Hall–Kier alpha value is -3.35. The normalized spacial score (nSPS) is 11.4. The molecule has 0 radical (unpaired) electrons. The van der Waals surface area contributed by atoms with Gasteiger partial charge in [-0.1, -0.05) is 0 Å². The van der Waals surface area contributed by atoms with Crippen LogP contribution in [0.25, 0.3) is 27.9 Å². The first-order valence-corrected chi connectivity index (χ1v) is 7.91. The van der Waals surface area contributed by atoms with Crippen molar-refractivity contribution in [3.8, 4) is 11.4 Å². The molecule has 7 heteroatoms. The number of fused-ring (bicyclic) bond motifs is 3. The topological polar surface area (TPSA) is 73.3 Å². The summed E-state index contributed by atoms with van der Waals surface area (Å²) in [4.78, 5) is 20.5. The largest absolute Gasteiger partial charge is 0.366 e. The van der Waals surface area contributed by atoms with Gasteiger partial charge in [0.25, 0.3) is 5.91 Å². The first-order chi connectivity index (χ1) is 12.4. The minimum atomic E-state index is -0.865. The fourth-order valence-corrected chi connectivity index (χ4v) is 3.24. The van der Waals surface area contributed by atoms with Gasteiger partial charge in [-0.3, -0.25) is 9.20 Å². The van der Waals surface area contributed by atoms with Crippen LogP contribution in [0.1, 0.15) is 21.7 Å². The quantitative estimate of drug-likeness (QED) is 0.600. The van der Waals surface area contributed by atoms with Crippen LogP contribution in [0.3, 0.4) is 0 Å². The molecule has 4 rings (SSSR count). The highest BCUT2D eigenvalue weighted by Gasteiger charge is 2.18. The van der Waals surface area contributed by atoms with Crippen molar-refractivity contribution in [1.29, 1.82) is 0 Å². The van der Waals surface area contributed by atoms with Crippen molar-refractivity contribution in [3.63, 3.8) is 0 Å². The maximum atomic E-state index is 13.9. The SMILES string of the molecule is Cc1nc(-c2ccc(F)c(C(N)=O)c2)n2c1c(C)nc1ccc(F)cc12. The number of hydrogen-bond acceptors (Lipinski definition) is 3. The second-order valence-corrected chi connectivity index (χ2v) is 6.09. The van der Waals surface area contributed by atoms with Crippen LogP contribution in [0.5, 0.6) is 0 Å². The number of aryl methyl sites for hydroxylation is 2. The number of imidazole rings is 1. The summed E-state index contributed by atoms with van der Waals surface area (Å²) in [5, 5.41) is 0. The molecule has 0 bridgehead atoms. The minimum Gasteiger partial charge on any atom is -0.366 e. The van der Waals surface area contributed by atoms with E-state index in [4.69, 9.17) is 5.73 Å². The van der Waals surface area contributed by atoms with Crippen LogP contribution >= 0.6 is 0 Å². The van der Waals surface area contributed by atoms with Crippen LogP contribution in [0.4, 0.5) is 8.78 Å². The summed E-state index contributed by atoms with van der Waals surface area (Å²) < 4.78 is 29.5. The second-order valence-electron chi connectivity index (χ2n) is 6.09. The van der Waals surface area contributed by atoms with E-state index in [9.17, 15) is 13.6 Å². The van der Waals surface area contributed by atoms with Crippen molar-refractivity contribution < 1.29 is 13.6 Å². The highest BCUT2D eigenvalue weighted by Crippen LogP contribution is 2.29. The predicted molar refractivity (Wildman–Crippen MR) is 93.8 cm³/mol. The summed E-state index contributed by atoms with van der Waals surface area (Å²) >= 11 is 0. The van der Waals surface area contributed by atoms with Gasteiger partial charge in [-0.25, -0.2) is 18.7 Å². The van der Waals surface area contributed by atoms with Crippen molar-refractivity contribution in [2.24, 2.45) is 5.73 Å². The van der Waals surface area contributed by atoms with E-state index < -0.39 is 17.5 Å². The number of carbonyl (C=O) groups excluding carboxylic acids is 1. The Morgan fingerprint density at radius 1 is 1.04 bits per heavy atom. The summed E-state index contributed by atoms with van der Waals surface area (Å²) in [6.45, 7) is 3.66. The highest BCUT2D eigenvalue weighted by molar-refractivity contribution is 5.94. The lowest BCUT2D eigenvalue weighted by molar-refractivity contribution is 0.0996. The molecule has 0 saturated carbocycles. The number of halogens is 2. The van der Waals surface area contributed by atoms with E-state index >= 15 is 0 Å². The van der Waals surface area contributed by atoms with Gasteiger partial charge in [0.2, 0.25) is 0 Å². The molecule has 0 aliphatic rings. The summed E-state index contributed by atoms with van der Waals surface area (Å²) in [5.74, 6) is -1.51. The number of amides is 1. The molecule has 5 nitrogen and oxygen atoms in total. The number of hydrogen-bond donors (Lipinski definition) is 1. The molecule has 0 spiro atoms. The Labute approximate surface area is 147 Å². The van der Waals surface area contributed by atoms with Gasteiger partial charge in [-0.05, 0) is 44.2 Å². The molecule has 2 aromatic carbocycles. The van der Waals surface area contributed by atoms with Crippen LogP contribution in [0, 0.1) is 25.5 Å². The van der Waals surface area contributed by atoms with Gasteiger partial charge in [-0.15, -0.1) is 0 Å². The van der Waals surface area contributed by atoms with Gasteiger partial charge in [-0.2, -0.15) is 0 Å². The summed E-state index contributed by atoms with van der Waals surface area (Å²) in [5.41, 5.74) is 8.83. The fraction of sp³-hybridized carbons (Fsp3) is 0.105. The molecular formula is C19H14F2N4O. The number of nitrogens with two attached hydrogens (primary N) is 1. The number of primary amides is 1. The van der Waals surface area contributed by atoms with Gasteiger partial charge in [0.1, 0.15) is 17.5 Å². The van der Waals surface area contributed by atoms with Crippen LogP contribution in [-0.2, 0) is 0 Å². The van der Waals surface area contributed by atoms with E-state index in [0.29, 0.717) is 28.1 Å². The van der Waals surface area contributed by atoms with Crippen molar-refractivity contribution in [3.05, 3.63) is 65.0 Å². The fourth-order valence-electron chi connectivity index (χ4n) is 3.24. The van der Waals surface area contributed by atoms with Crippen LogP contribution in [0.2, 0.25) is 0 Å². The maximum Gasteiger partial charge on any atom is 0.251 e. The van der Waals surface area contributed by atoms with Crippen LogP contribution in [-0.4, -0.2) is 20.3 Å². The van der Waals surface area contributed by atoms with E-state index in [2.05, 4.69) is 9.97 Å². The van der Waals surface area contributed by atoms with Gasteiger partial charge < -0.3 is 5.73 Å². The monoisotopic (exact) mass is 352 g/mol. The highest BCUT2D eigenvalue weighted by atomic mass is 19.1. The van der Waals surface area contributed by atoms with E-state index in [0.717, 1.165) is 11.2 Å². The average molecular weight is 352 g/mol. The molecule has 26 heavy (non-hydrogen) atoms. The zero-order chi connectivity index (χ0) is 18.6. The van der Waals surface area contributed by atoms with Gasteiger partial charge >= 0.3 is 0 Å². The lowest BCUT2D eigenvalue weighted by Gasteiger charge is -2.09. The summed E-state index contributed by atoms with van der Waals surface area (Å²) in [6, 6.07) is 8.34. The smallest absolute Gasteiger partial charge is 0.251 e. The molecule has 4 aromatic rings. The van der Waals surface area contributed by atoms with E-state index in [1.165, 1.54) is 30.3 Å². The molecule has 130 valence electrons. The maximum absolute atomic E-state index is 13.9. The molecule has 0 saturated heterocycles. The Bertz CT molecular complexity index is 1210. The van der Waals surface area contributed by atoms with Gasteiger partial charge in [0.15, 0.2) is 0 Å². The zero-order valence-corrected chi connectivity index (χ0v) is 14.0. The predicted octanol–water partition coefficient (Wildman–Crippen LogP) is 3.54. The number of nitrogens with zero attached hydrogens (tertiary/aromatic N) is 3. The summed E-state index contributed by atoms with van der Waals surface area (Å²) in [6.07, 6.45) is 0. The minimum absolute atomic E-state index is 0.224. The molecule has 1 amide bonds. The molecule has 0 aliphatic heterocycles. The van der Waals surface area contributed by atoms with E-state index in [1.54, 1.807) is 10.5 Å². The van der Waals surface area contributed by atoms with E-state index in [1.807, 2.05) is 13.8 Å². The lowest BCUT2D eigenvalue weighted by atomic mass is 10.1. The molecule has 0 unspecified atom stereocenters. The molecule has 2 aromatic heterocycles.